The molecule has 0 radical (unpaired) electrons. The number of sulfonamides is 1. The second kappa shape index (κ2) is 11.4. The molecule has 2 heterocycles. The molecule has 0 amide bonds. The summed E-state index contributed by atoms with van der Waals surface area (Å²) in [6.45, 7) is 9.03. The van der Waals surface area contributed by atoms with E-state index >= 15 is 0 Å². The SMILES string of the molecule is Cc1ccc(S(=O)(=O)N2[C@H](CO[Si](c3ccccc3)(c3ccccc3)C(C)(C)C)C[C@H]3C[C@H](CI)O[C@H]32)cc1. The van der Waals surface area contributed by atoms with Crippen molar-refractivity contribution in [2.75, 3.05) is 11.0 Å². The smallest absolute Gasteiger partial charge is 0.261 e. The summed E-state index contributed by atoms with van der Waals surface area (Å²) < 4.78 is 44.4. The van der Waals surface area contributed by atoms with Crippen LogP contribution in [0.15, 0.2) is 89.8 Å². The first kappa shape index (κ1) is 28.9. The Morgan fingerprint density at radius 3 is 2.00 bits per heavy atom. The van der Waals surface area contributed by atoms with Crippen LogP contribution in [-0.4, -0.2) is 50.4 Å². The average molecular weight is 676 g/mol. The summed E-state index contributed by atoms with van der Waals surface area (Å²) in [4.78, 5) is 0.311. The quantitative estimate of drug-likeness (QED) is 0.180. The lowest BCUT2D eigenvalue weighted by atomic mass is 10.0. The molecule has 39 heavy (non-hydrogen) atoms. The van der Waals surface area contributed by atoms with Crippen LogP contribution in [0.25, 0.3) is 0 Å². The lowest BCUT2D eigenvalue weighted by Crippen LogP contribution is -2.67. The number of fused-ring (bicyclic) bond motifs is 1. The molecule has 0 bridgehead atoms. The molecule has 5 rings (SSSR count). The predicted octanol–water partition coefficient (Wildman–Crippen LogP) is 5.50. The van der Waals surface area contributed by atoms with Crippen molar-refractivity contribution in [2.45, 2.75) is 68.8 Å². The van der Waals surface area contributed by atoms with Crippen molar-refractivity contribution < 1.29 is 17.6 Å². The van der Waals surface area contributed by atoms with Crippen LogP contribution in [0.1, 0.15) is 39.2 Å². The summed E-state index contributed by atoms with van der Waals surface area (Å²) in [5.41, 5.74) is 1.03. The molecule has 2 aliphatic rings. The normalized spacial score (nSPS) is 24.1. The molecule has 5 nitrogen and oxygen atoms in total. The number of halogens is 1. The van der Waals surface area contributed by atoms with Crippen molar-refractivity contribution in [3.8, 4) is 0 Å². The van der Waals surface area contributed by atoms with Crippen LogP contribution >= 0.6 is 22.6 Å². The van der Waals surface area contributed by atoms with Crippen molar-refractivity contribution in [3.63, 3.8) is 0 Å². The van der Waals surface area contributed by atoms with Gasteiger partial charge in [0.1, 0.15) is 6.23 Å². The molecule has 208 valence electrons. The number of rotatable bonds is 8. The van der Waals surface area contributed by atoms with Gasteiger partial charge in [0.2, 0.25) is 10.0 Å². The van der Waals surface area contributed by atoms with Crippen LogP contribution in [-0.2, 0) is 19.2 Å². The van der Waals surface area contributed by atoms with Gasteiger partial charge in [0.15, 0.2) is 0 Å². The molecule has 2 fully saturated rings. The molecule has 0 saturated carbocycles. The van der Waals surface area contributed by atoms with Gasteiger partial charge in [-0.1, -0.05) is 122 Å². The summed E-state index contributed by atoms with van der Waals surface area (Å²) in [5.74, 6) is 0.165. The number of hydrogen-bond acceptors (Lipinski definition) is 4. The predicted molar refractivity (Wildman–Crippen MR) is 168 cm³/mol. The van der Waals surface area contributed by atoms with Gasteiger partial charge in [0.05, 0.1) is 23.6 Å². The van der Waals surface area contributed by atoms with Gasteiger partial charge in [-0.25, -0.2) is 8.42 Å². The Labute approximate surface area is 248 Å². The summed E-state index contributed by atoms with van der Waals surface area (Å²) >= 11 is 2.34. The fraction of sp³-hybridized carbons (Fsp3) is 0.419. The van der Waals surface area contributed by atoms with Crippen LogP contribution < -0.4 is 10.4 Å². The Morgan fingerprint density at radius 1 is 0.923 bits per heavy atom. The molecule has 3 aromatic rings. The molecular weight excluding hydrogens is 637 g/mol. The zero-order chi connectivity index (χ0) is 27.8. The molecule has 2 aliphatic heterocycles. The van der Waals surface area contributed by atoms with Gasteiger partial charge < -0.3 is 9.16 Å². The van der Waals surface area contributed by atoms with Crippen LogP contribution in [0, 0.1) is 12.8 Å². The van der Waals surface area contributed by atoms with E-state index in [1.165, 1.54) is 10.4 Å². The number of nitrogens with zero attached hydrogens (tertiary/aromatic N) is 1. The van der Waals surface area contributed by atoms with Crippen molar-refractivity contribution in [1.29, 1.82) is 0 Å². The molecule has 3 aromatic carbocycles. The van der Waals surface area contributed by atoms with Gasteiger partial charge in [0.25, 0.3) is 8.32 Å². The maximum Gasteiger partial charge on any atom is 0.261 e. The van der Waals surface area contributed by atoms with Gasteiger partial charge in [-0.15, -0.1) is 0 Å². The van der Waals surface area contributed by atoms with E-state index in [1.807, 2.05) is 31.2 Å². The molecule has 8 heteroatoms. The van der Waals surface area contributed by atoms with Crippen LogP contribution in [0.2, 0.25) is 5.04 Å². The van der Waals surface area contributed by atoms with Crippen molar-refractivity contribution in [2.24, 2.45) is 5.92 Å². The topological polar surface area (TPSA) is 55.8 Å². The van der Waals surface area contributed by atoms with Gasteiger partial charge in [-0.2, -0.15) is 4.31 Å². The third-order valence-corrected chi connectivity index (χ3v) is 16.1. The zero-order valence-electron chi connectivity index (χ0n) is 23.1. The zero-order valence-corrected chi connectivity index (χ0v) is 27.1. The van der Waals surface area contributed by atoms with Gasteiger partial charge >= 0.3 is 0 Å². The summed E-state index contributed by atoms with van der Waals surface area (Å²) in [6.07, 6.45) is 1.24. The molecule has 0 aliphatic carbocycles. The van der Waals surface area contributed by atoms with Crippen LogP contribution in [0.3, 0.4) is 0 Å². The summed E-state index contributed by atoms with van der Waals surface area (Å²) in [5, 5.41) is 2.19. The Morgan fingerprint density at radius 2 is 1.49 bits per heavy atom. The highest BCUT2D eigenvalue weighted by atomic mass is 127. The first-order valence-corrected chi connectivity index (χ1v) is 18.5. The lowest BCUT2D eigenvalue weighted by molar-refractivity contribution is -0.0129. The summed E-state index contributed by atoms with van der Waals surface area (Å²) in [6, 6.07) is 27.9. The average Bonchev–Trinajstić information content (AvgIpc) is 3.47. The number of aryl methyl sites for hydroxylation is 1. The van der Waals surface area contributed by atoms with Gasteiger partial charge in [0, 0.05) is 10.3 Å². The van der Waals surface area contributed by atoms with E-state index in [4.69, 9.17) is 9.16 Å². The van der Waals surface area contributed by atoms with E-state index < -0.39 is 24.6 Å². The molecular formula is C31H38INO4SSi. The highest BCUT2D eigenvalue weighted by molar-refractivity contribution is 14.1. The van der Waals surface area contributed by atoms with Crippen molar-refractivity contribution in [3.05, 3.63) is 90.5 Å². The van der Waals surface area contributed by atoms with Crippen molar-refractivity contribution in [1.82, 2.24) is 4.31 Å². The van der Waals surface area contributed by atoms with Crippen LogP contribution in [0.5, 0.6) is 0 Å². The number of alkyl halides is 1. The Kier molecular flexibility index (Phi) is 8.44. The van der Waals surface area contributed by atoms with E-state index in [0.717, 1.165) is 22.8 Å². The minimum absolute atomic E-state index is 0.0786. The number of benzene rings is 3. The van der Waals surface area contributed by atoms with E-state index in [-0.39, 0.29) is 23.1 Å². The fourth-order valence-corrected chi connectivity index (χ4v) is 13.3. The van der Waals surface area contributed by atoms with Gasteiger partial charge in [-0.05, 0) is 47.3 Å². The van der Waals surface area contributed by atoms with E-state index in [2.05, 4.69) is 91.9 Å². The largest absolute Gasteiger partial charge is 0.406 e. The Bertz CT molecular complexity index is 1320. The monoisotopic (exact) mass is 675 g/mol. The van der Waals surface area contributed by atoms with E-state index in [1.54, 1.807) is 16.4 Å². The first-order valence-electron chi connectivity index (χ1n) is 13.6. The number of ether oxygens (including phenoxy) is 1. The minimum atomic E-state index is -3.78. The highest BCUT2D eigenvalue weighted by Gasteiger charge is 2.55. The lowest BCUT2D eigenvalue weighted by Gasteiger charge is -2.44. The number of hydrogen-bond donors (Lipinski definition) is 0. The third-order valence-electron chi connectivity index (χ3n) is 8.16. The second-order valence-corrected chi connectivity index (χ2v) is 18.8. The Balaban J connectivity index is 1.55. The second-order valence-electron chi connectivity index (χ2n) is 11.8. The van der Waals surface area contributed by atoms with Crippen molar-refractivity contribution >= 4 is 51.3 Å². The third kappa shape index (κ3) is 5.40. The minimum Gasteiger partial charge on any atom is -0.406 e. The first-order chi connectivity index (χ1) is 18.6. The maximum atomic E-state index is 14.2. The maximum absolute atomic E-state index is 14.2. The molecule has 0 spiro atoms. The molecule has 0 N–H and O–H groups in total. The molecule has 0 aromatic heterocycles. The van der Waals surface area contributed by atoms with Crippen LogP contribution in [0.4, 0.5) is 0 Å². The van der Waals surface area contributed by atoms with E-state index in [0.29, 0.717) is 11.5 Å². The van der Waals surface area contributed by atoms with E-state index in [9.17, 15) is 8.42 Å². The molecule has 2 saturated heterocycles. The highest BCUT2D eigenvalue weighted by Crippen LogP contribution is 2.45. The molecule has 4 atom stereocenters. The Hall–Kier alpha value is -1.56. The van der Waals surface area contributed by atoms with Gasteiger partial charge in [-0.3, -0.25) is 0 Å². The summed E-state index contributed by atoms with van der Waals surface area (Å²) in [7, 11) is -6.59. The standard InChI is InChI=1S/C31H38INO4SSi/c1-23-15-17-27(18-16-23)38(34,35)33-25(19-24-20-26(21-32)37-30(24)33)22-36-39(31(2,3)4,28-11-7-5-8-12-28)29-13-9-6-10-14-29/h5-18,24-26,30H,19-22H2,1-4H3/t24-,25-,26+,30+/m0/s1. The fourth-order valence-electron chi connectivity index (χ4n) is 6.35. The molecule has 0 unspecified atom stereocenters.